The molecule has 1 atom stereocenters. The molecule has 0 saturated carbocycles. The van der Waals surface area contributed by atoms with Crippen LogP contribution < -0.4 is 10.9 Å². The van der Waals surface area contributed by atoms with E-state index in [0.717, 1.165) is 72.5 Å². The predicted octanol–water partition coefficient (Wildman–Crippen LogP) is 3.81. The van der Waals surface area contributed by atoms with Crippen molar-refractivity contribution in [1.29, 1.82) is 0 Å². The SMILES string of the molecule is O=C1CCCN1CCCNC1CCc2c(sc3ncn(CCc4ccccc4Cl)c(=O)c23)C1. The Labute approximate surface area is 202 Å². The fourth-order valence-electron chi connectivity index (χ4n) is 4.99. The number of carbonyl (C=O) groups excluding carboxylic acids is 1. The Kier molecular flexibility index (Phi) is 6.81. The van der Waals surface area contributed by atoms with Crippen LogP contribution in [0.1, 0.15) is 41.7 Å². The molecule has 6 nitrogen and oxygen atoms in total. The number of nitrogens with zero attached hydrogens (tertiary/aromatic N) is 3. The van der Waals surface area contributed by atoms with E-state index >= 15 is 0 Å². The van der Waals surface area contributed by atoms with Gasteiger partial charge in [0.15, 0.2) is 0 Å². The summed E-state index contributed by atoms with van der Waals surface area (Å²) in [5.41, 5.74) is 2.30. The minimum absolute atomic E-state index is 0.0613. The maximum Gasteiger partial charge on any atom is 0.262 e. The van der Waals surface area contributed by atoms with Gasteiger partial charge >= 0.3 is 0 Å². The van der Waals surface area contributed by atoms with Crippen molar-refractivity contribution in [2.24, 2.45) is 0 Å². The van der Waals surface area contributed by atoms with E-state index in [0.29, 0.717) is 31.3 Å². The lowest BCUT2D eigenvalue weighted by Crippen LogP contribution is -2.36. The minimum atomic E-state index is 0.0613. The molecule has 1 saturated heterocycles. The number of amides is 1. The Morgan fingerprint density at radius 1 is 1.18 bits per heavy atom. The van der Waals surface area contributed by atoms with Gasteiger partial charge in [-0.05, 0) is 62.3 Å². The summed E-state index contributed by atoms with van der Waals surface area (Å²) < 4.78 is 1.72. The van der Waals surface area contributed by atoms with Crippen molar-refractivity contribution < 1.29 is 4.79 Å². The van der Waals surface area contributed by atoms with Crippen molar-refractivity contribution in [2.45, 2.75) is 57.5 Å². The summed E-state index contributed by atoms with van der Waals surface area (Å²) in [5, 5.41) is 5.21. The van der Waals surface area contributed by atoms with Crippen LogP contribution in [0.25, 0.3) is 10.2 Å². The third-order valence-electron chi connectivity index (χ3n) is 6.82. The van der Waals surface area contributed by atoms with Crippen LogP contribution in [0.2, 0.25) is 5.02 Å². The molecule has 1 N–H and O–H groups in total. The van der Waals surface area contributed by atoms with Crippen molar-refractivity contribution in [1.82, 2.24) is 19.8 Å². The molecule has 1 amide bonds. The molecule has 0 spiro atoms. The summed E-state index contributed by atoms with van der Waals surface area (Å²) in [6.07, 6.45) is 7.95. The summed E-state index contributed by atoms with van der Waals surface area (Å²) in [6.45, 7) is 3.25. The Morgan fingerprint density at radius 3 is 2.88 bits per heavy atom. The second-order valence-corrected chi connectivity index (χ2v) is 10.5. The molecule has 1 aliphatic heterocycles. The average molecular weight is 485 g/mol. The van der Waals surface area contributed by atoms with Crippen molar-refractivity contribution >= 4 is 39.1 Å². The maximum atomic E-state index is 13.3. The zero-order valence-electron chi connectivity index (χ0n) is 18.7. The topological polar surface area (TPSA) is 67.2 Å². The van der Waals surface area contributed by atoms with Gasteiger partial charge in [0.2, 0.25) is 5.91 Å². The molecular formula is C25H29ClN4O2S. The molecule has 5 rings (SSSR count). The molecule has 1 aromatic carbocycles. The summed E-state index contributed by atoms with van der Waals surface area (Å²) >= 11 is 7.94. The molecule has 8 heteroatoms. The molecule has 1 fully saturated rings. The van der Waals surface area contributed by atoms with E-state index in [9.17, 15) is 9.59 Å². The fourth-order valence-corrected chi connectivity index (χ4v) is 6.48. The third kappa shape index (κ3) is 4.86. The van der Waals surface area contributed by atoms with Crippen LogP contribution in [0.3, 0.4) is 0 Å². The summed E-state index contributed by atoms with van der Waals surface area (Å²) in [7, 11) is 0. The highest BCUT2D eigenvalue weighted by molar-refractivity contribution is 7.18. The number of hydrogen-bond acceptors (Lipinski definition) is 5. The Bertz CT molecular complexity index is 1220. The van der Waals surface area contributed by atoms with Gasteiger partial charge in [-0.25, -0.2) is 4.98 Å². The monoisotopic (exact) mass is 484 g/mol. The first-order valence-electron chi connectivity index (χ1n) is 11.8. The molecule has 1 aliphatic carbocycles. The van der Waals surface area contributed by atoms with E-state index in [1.165, 1.54) is 10.4 Å². The van der Waals surface area contributed by atoms with Gasteiger partial charge in [0.1, 0.15) is 4.83 Å². The average Bonchev–Trinajstić information content (AvgIpc) is 3.40. The number of halogens is 1. The van der Waals surface area contributed by atoms with Gasteiger partial charge < -0.3 is 10.2 Å². The van der Waals surface area contributed by atoms with Gasteiger partial charge in [-0.15, -0.1) is 11.3 Å². The standard InChI is InChI=1S/C25H29ClN4O2S/c26-20-6-2-1-5-17(20)10-14-30-16-28-24-23(25(30)32)19-9-8-18(15-21(19)33-24)27-11-4-13-29-12-3-7-22(29)31/h1-2,5-6,16,18,27H,3-4,7-15H2. The van der Waals surface area contributed by atoms with Gasteiger partial charge in [0.05, 0.1) is 11.7 Å². The molecule has 2 aliphatic rings. The lowest BCUT2D eigenvalue weighted by Gasteiger charge is -2.24. The molecule has 174 valence electrons. The van der Waals surface area contributed by atoms with E-state index in [1.807, 2.05) is 29.2 Å². The van der Waals surface area contributed by atoms with Crippen molar-refractivity contribution in [3.63, 3.8) is 0 Å². The van der Waals surface area contributed by atoms with Crippen LogP contribution in [-0.2, 0) is 30.6 Å². The number of hydrogen-bond donors (Lipinski definition) is 1. The van der Waals surface area contributed by atoms with Crippen LogP contribution in [-0.4, -0.2) is 46.0 Å². The highest BCUT2D eigenvalue weighted by Crippen LogP contribution is 2.33. The molecule has 0 radical (unpaired) electrons. The lowest BCUT2D eigenvalue weighted by atomic mass is 9.93. The van der Waals surface area contributed by atoms with Crippen LogP contribution in [0.4, 0.5) is 0 Å². The fraction of sp³-hybridized carbons (Fsp3) is 0.480. The quantitative estimate of drug-likeness (QED) is 0.494. The number of aromatic nitrogens is 2. The van der Waals surface area contributed by atoms with E-state index in [2.05, 4.69) is 10.3 Å². The molecule has 3 aromatic rings. The second-order valence-electron chi connectivity index (χ2n) is 9.00. The zero-order valence-corrected chi connectivity index (χ0v) is 20.3. The van der Waals surface area contributed by atoms with Gasteiger partial charge in [-0.2, -0.15) is 0 Å². The van der Waals surface area contributed by atoms with E-state index in [4.69, 9.17) is 11.6 Å². The molecule has 2 aromatic heterocycles. The van der Waals surface area contributed by atoms with E-state index in [-0.39, 0.29) is 5.56 Å². The van der Waals surface area contributed by atoms with Gasteiger partial charge in [0, 0.05) is 42.0 Å². The van der Waals surface area contributed by atoms with Crippen molar-refractivity contribution in [3.8, 4) is 0 Å². The second kappa shape index (κ2) is 9.95. The Balaban J connectivity index is 1.22. The predicted molar refractivity (Wildman–Crippen MR) is 133 cm³/mol. The van der Waals surface area contributed by atoms with Crippen molar-refractivity contribution in [3.05, 3.63) is 62.0 Å². The van der Waals surface area contributed by atoms with Gasteiger partial charge in [0.25, 0.3) is 5.56 Å². The lowest BCUT2D eigenvalue weighted by molar-refractivity contribution is -0.127. The van der Waals surface area contributed by atoms with Crippen LogP contribution in [0.15, 0.2) is 35.4 Å². The first-order valence-corrected chi connectivity index (χ1v) is 13.0. The zero-order chi connectivity index (χ0) is 22.8. The molecule has 3 heterocycles. The largest absolute Gasteiger partial charge is 0.343 e. The number of likely N-dealkylation sites (tertiary alicyclic amines) is 1. The number of rotatable bonds is 8. The van der Waals surface area contributed by atoms with Gasteiger partial charge in [-0.1, -0.05) is 29.8 Å². The highest BCUT2D eigenvalue weighted by Gasteiger charge is 2.25. The van der Waals surface area contributed by atoms with Crippen LogP contribution in [0.5, 0.6) is 0 Å². The summed E-state index contributed by atoms with van der Waals surface area (Å²) in [6, 6.07) is 8.19. The summed E-state index contributed by atoms with van der Waals surface area (Å²) in [5.74, 6) is 0.299. The molecule has 1 unspecified atom stereocenters. The minimum Gasteiger partial charge on any atom is -0.343 e. The Hall–Kier alpha value is -2.22. The number of carbonyl (C=O) groups is 1. The normalized spacial score (nSPS) is 18.3. The van der Waals surface area contributed by atoms with Gasteiger partial charge in [-0.3, -0.25) is 14.2 Å². The third-order valence-corrected chi connectivity index (χ3v) is 8.36. The number of nitrogens with one attached hydrogen (secondary N) is 1. The molecular weight excluding hydrogens is 456 g/mol. The number of fused-ring (bicyclic) bond motifs is 3. The molecule has 33 heavy (non-hydrogen) atoms. The summed E-state index contributed by atoms with van der Waals surface area (Å²) in [4.78, 5) is 33.7. The number of thiophene rings is 1. The number of aryl methyl sites for hydroxylation is 3. The van der Waals surface area contributed by atoms with E-state index < -0.39 is 0 Å². The maximum absolute atomic E-state index is 13.3. The smallest absolute Gasteiger partial charge is 0.262 e. The Morgan fingerprint density at radius 2 is 2.06 bits per heavy atom. The van der Waals surface area contributed by atoms with Crippen LogP contribution >= 0.6 is 22.9 Å². The highest BCUT2D eigenvalue weighted by atomic mass is 35.5. The molecule has 0 bridgehead atoms. The van der Waals surface area contributed by atoms with E-state index in [1.54, 1.807) is 22.2 Å². The number of benzene rings is 1. The van der Waals surface area contributed by atoms with Crippen LogP contribution in [0, 0.1) is 0 Å². The first-order chi connectivity index (χ1) is 16.1. The van der Waals surface area contributed by atoms with Crippen molar-refractivity contribution in [2.75, 3.05) is 19.6 Å². The first kappa shape index (κ1) is 22.6.